The van der Waals surface area contributed by atoms with Crippen molar-refractivity contribution in [1.82, 2.24) is 10.6 Å². The molecule has 3 unspecified atom stereocenters. The molecule has 0 bridgehead atoms. The van der Waals surface area contributed by atoms with Gasteiger partial charge in [-0.15, -0.1) is 0 Å². The van der Waals surface area contributed by atoms with Gasteiger partial charge in [-0.05, 0) is 51.3 Å². The topological polar surface area (TPSA) is 199 Å². The van der Waals surface area contributed by atoms with Gasteiger partial charge in [0.2, 0.25) is 18.3 Å². The molecule has 1 fully saturated rings. The van der Waals surface area contributed by atoms with Crippen molar-refractivity contribution < 1.29 is 62.0 Å². The lowest BCUT2D eigenvalue weighted by atomic mass is 9.85. The van der Waals surface area contributed by atoms with Gasteiger partial charge in [-0.25, -0.2) is 4.79 Å². The molecule has 15 nitrogen and oxygen atoms in total. The average Bonchev–Trinajstić information content (AvgIpc) is 3.03. The van der Waals surface area contributed by atoms with Gasteiger partial charge < -0.3 is 39.1 Å². The van der Waals surface area contributed by atoms with Crippen LogP contribution in [0, 0.1) is 0 Å². The van der Waals surface area contributed by atoms with Crippen molar-refractivity contribution >= 4 is 109 Å². The monoisotopic (exact) mass is 1000 g/mol. The molecule has 0 spiro atoms. The number of alkyl halides is 1. The van der Waals surface area contributed by atoms with E-state index in [4.69, 9.17) is 28.4 Å². The Bertz CT molecular complexity index is 1320. The molecule has 0 aromatic heterocycles. The number of esters is 5. The number of carbonyl (C=O) groups is 7. The van der Waals surface area contributed by atoms with Gasteiger partial charge in [0.1, 0.15) is 12.7 Å². The van der Waals surface area contributed by atoms with Crippen LogP contribution < -0.4 is 10.6 Å². The summed E-state index contributed by atoms with van der Waals surface area (Å²) in [5.41, 5.74) is -1.73. The largest absolute Gasteiger partial charge is 0.463 e. The van der Waals surface area contributed by atoms with Crippen molar-refractivity contribution in [3.8, 4) is 0 Å². The van der Waals surface area contributed by atoms with Gasteiger partial charge in [-0.1, -0.05) is 50.3 Å². The van der Waals surface area contributed by atoms with Crippen molar-refractivity contribution in [2.45, 2.75) is 100 Å². The number of nitrogens with one attached hydrogen (secondary N) is 2. The van der Waals surface area contributed by atoms with Crippen LogP contribution in [-0.2, 0) is 62.0 Å². The van der Waals surface area contributed by atoms with Crippen molar-refractivity contribution in [2.75, 3.05) is 13.7 Å². The fourth-order valence-corrected chi connectivity index (χ4v) is 9.50. The molecule has 7 atom stereocenters. The molecule has 1 heterocycles. The van der Waals surface area contributed by atoms with Gasteiger partial charge in [0.15, 0.2) is 17.7 Å². The first-order valence-corrected chi connectivity index (χ1v) is 18.0. The minimum absolute atomic E-state index is 0.00682. The normalized spacial score (nSPS) is 27.0. The minimum Gasteiger partial charge on any atom is -0.463 e. The van der Waals surface area contributed by atoms with Crippen LogP contribution in [-0.4, -0.2) is 95.5 Å². The molecule has 1 aliphatic carbocycles. The van der Waals surface area contributed by atoms with E-state index in [-0.39, 0.29) is 31.3 Å². The van der Waals surface area contributed by atoms with Gasteiger partial charge in [-0.2, -0.15) is 0 Å². The van der Waals surface area contributed by atoms with Crippen molar-refractivity contribution in [2.24, 2.45) is 0 Å². The maximum atomic E-state index is 14.0. The number of rotatable bonds is 13. The summed E-state index contributed by atoms with van der Waals surface area (Å²) in [7, 11) is 1.38. The standard InChI is InChI=1S/C29H37I3N2O13/c1-7-17(36)42-12-15-22(44-18(37)8-2)23(45-19(38)9-3)24(46-20(39)10-4)27(43-15)47-26(40)21-14(30)11-16(31)29(25(21)32,28(41)33-6)34-13(5)35/h11,15,22-25,27H,7-10,12H2,1-6H3,(H,33,41)(H,34,35)/t15-,22-,23+,24-,25?,27?,29?/m1/s1. The van der Waals surface area contributed by atoms with Crippen LogP contribution in [0.15, 0.2) is 18.8 Å². The lowest BCUT2D eigenvalue weighted by Gasteiger charge is -2.44. The van der Waals surface area contributed by atoms with Crippen LogP contribution in [0.3, 0.4) is 0 Å². The quantitative estimate of drug-likeness (QED) is 0.118. The zero-order valence-corrected chi connectivity index (χ0v) is 33.0. The number of allylic oxidation sites excluding steroid dienone is 2. The molecule has 0 saturated carbocycles. The first-order chi connectivity index (χ1) is 22.1. The Labute approximate surface area is 312 Å². The highest BCUT2D eigenvalue weighted by Crippen LogP contribution is 2.44. The Morgan fingerprint density at radius 1 is 0.809 bits per heavy atom. The lowest BCUT2D eigenvalue weighted by Crippen LogP contribution is -2.65. The fraction of sp³-hybridized carbons (Fsp3) is 0.621. The minimum atomic E-state index is -1.78. The molecule has 2 aliphatic rings. The van der Waals surface area contributed by atoms with E-state index >= 15 is 0 Å². The molecular weight excluding hydrogens is 965 g/mol. The molecule has 2 N–H and O–H groups in total. The van der Waals surface area contributed by atoms with Crippen LogP contribution in [0.25, 0.3) is 0 Å². The number of amides is 2. The Morgan fingerprint density at radius 3 is 1.81 bits per heavy atom. The summed E-state index contributed by atoms with van der Waals surface area (Å²) in [5, 5.41) is 5.19. The third kappa shape index (κ3) is 9.98. The maximum Gasteiger partial charge on any atom is 0.338 e. The maximum absolute atomic E-state index is 14.0. The second-order valence-electron chi connectivity index (χ2n) is 10.1. The highest BCUT2D eigenvalue weighted by Gasteiger charge is 2.56. The summed E-state index contributed by atoms with van der Waals surface area (Å²) < 4.78 is 33.6. The highest BCUT2D eigenvalue weighted by atomic mass is 127. The van der Waals surface area contributed by atoms with Crippen LogP contribution in [0.1, 0.15) is 60.3 Å². The van der Waals surface area contributed by atoms with E-state index < -0.39 is 88.4 Å². The predicted octanol–water partition coefficient (Wildman–Crippen LogP) is 2.62. The van der Waals surface area contributed by atoms with Crippen LogP contribution in [0.4, 0.5) is 0 Å². The van der Waals surface area contributed by atoms with Crippen LogP contribution in [0.2, 0.25) is 0 Å². The molecule has 0 radical (unpaired) electrons. The third-order valence-corrected chi connectivity index (χ3v) is 10.5. The summed E-state index contributed by atoms with van der Waals surface area (Å²) in [6.07, 6.45) is -6.54. The summed E-state index contributed by atoms with van der Waals surface area (Å²) in [5.74, 6) is -5.05. The number of likely N-dealkylation sites (N-methyl/N-ethyl adjacent to an activating group) is 1. The first-order valence-electron chi connectivity index (χ1n) is 14.6. The zero-order chi connectivity index (χ0) is 35.6. The summed E-state index contributed by atoms with van der Waals surface area (Å²) in [6, 6.07) is 0. The number of ether oxygens (including phenoxy) is 6. The Hall–Kier alpha value is -2.08. The molecule has 47 heavy (non-hydrogen) atoms. The van der Waals surface area contributed by atoms with Crippen molar-refractivity contribution in [3.63, 3.8) is 0 Å². The SMILES string of the molecule is CCC(=O)OC[C@H]1OC(OC(=O)C2=C(I)C=C(I)C(NC(C)=O)(C(=O)NC)C2I)[C@H](OC(=O)CC)[C@@H](OC(=O)CC)[C@@H]1OC(=O)CC. The molecule has 1 saturated heterocycles. The van der Waals surface area contributed by atoms with E-state index in [0.29, 0.717) is 7.16 Å². The van der Waals surface area contributed by atoms with E-state index in [2.05, 4.69) is 10.6 Å². The zero-order valence-electron chi connectivity index (χ0n) is 26.5. The van der Waals surface area contributed by atoms with E-state index in [9.17, 15) is 33.6 Å². The second-order valence-corrected chi connectivity index (χ2v) is 13.7. The molecule has 0 aromatic rings. The highest BCUT2D eigenvalue weighted by molar-refractivity contribution is 14.1. The average molecular weight is 1000 g/mol. The summed E-state index contributed by atoms with van der Waals surface area (Å²) >= 11 is 5.66. The molecule has 2 rings (SSSR count). The number of carbonyl (C=O) groups excluding carboxylic acids is 7. The fourth-order valence-electron chi connectivity index (χ4n) is 4.50. The summed E-state index contributed by atoms with van der Waals surface area (Å²) in [4.78, 5) is 89.4. The number of halogens is 3. The number of hydrogen-bond donors (Lipinski definition) is 2. The number of hydrogen-bond acceptors (Lipinski definition) is 13. The Balaban J connectivity index is 2.68. The van der Waals surface area contributed by atoms with E-state index in [1.54, 1.807) is 6.92 Å². The van der Waals surface area contributed by atoms with E-state index in [0.717, 1.165) is 0 Å². The first kappa shape index (κ1) is 41.1. The van der Waals surface area contributed by atoms with E-state index in [1.807, 2.05) is 67.8 Å². The van der Waals surface area contributed by atoms with Crippen molar-refractivity contribution in [3.05, 3.63) is 18.8 Å². The smallest absolute Gasteiger partial charge is 0.338 e. The Kier molecular flexibility index (Phi) is 16.3. The van der Waals surface area contributed by atoms with Crippen LogP contribution in [0.5, 0.6) is 0 Å². The third-order valence-electron chi connectivity index (χ3n) is 6.88. The Morgan fingerprint density at radius 2 is 1.32 bits per heavy atom. The summed E-state index contributed by atoms with van der Waals surface area (Å²) in [6.45, 7) is 6.83. The van der Waals surface area contributed by atoms with Gasteiger partial charge in [-0.3, -0.25) is 28.8 Å². The molecule has 262 valence electrons. The molecule has 1 aliphatic heterocycles. The molecule has 18 heteroatoms. The van der Waals surface area contributed by atoms with Crippen LogP contribution >= 0.6 is 67.8 Å². The van der Waals surface area contributed by atoms with Crippen molar-refractivity contribution in [1.29, 1.82) is 0 Å². The molecule has 2 amide bonds. The van der Waals surface area contributed by atoms with Gasteiger partial charge in [0.05, 0.1) is 9.50 Å². The predicted molar refractivity (Wildman–Crippen MR) is 188 cm³/mol. The second kappa shape index (κ2) is 18.6. The van der Waals surface area contributed by atoms with Gasteiger partial charge in [0.25, 0.3) is 5.91 Å². The van der Waals surface area contributed by atoms with E-state index in [1.165, 1.54) is 40.8 Å². The molecule has 0 aromatic carbocycles. The lowest BCUT2D eigenvalue weighted by molar-refractivity contribution is -0.300. The van der Waals surface area contributed by atoms with Gasteiger partial charge >= 0.3 is 29.8 Å². The van der Waals surface area contributed by atoms with Gasteiger partial charge in [0, 0.05) is 46.8 Å². The molecular formula is C29H37I3N2O13.